The Kier molecular flexibility index (Phi) is 8.36. The summed E-state index contributed by atoms with van der Waals surface area (Å²) >= 11 is 0. The number of nitrogens with zero attached hydrogens (tertiary/aromatic N) is 1. The highest BCUT2D eigenvalue weighted by atomic mass is 32.2. The zero-order chi connectivity index (χ0) is 16.4. The number of carbonyl (C=O) groups excluding carboxylic acids is 2. The van der Waals surface area contributed by atoms with Gasteiger partial charge in [0.1, 0.15) is 0 Å². The van der Waals surface area contributed by atoms with Gasteiger partial charge in [0.2, 0.25) is 21.8 Å². The van der Waals surface area contributed by atoms with Gasteiger partial charge in [-0.25, -0.2) is 8.42 Å². The molecule has 128 valence electrons. The second kappa shape index (κ2) is 9.75. The van der Waals surface area contributed by atoms with E-state index in [0.29, 0.717) is 39.4 Å². The number of ether oxygens (including phenoxy) is 1. The van der Waals surface area contributed by atoms with Crippen molar-refractivity contribution >= 4 is 21.8 Å². The predicted octanol–water partition coefficient (Wildman–Crippen LogP) is -0.929. The number of unbranched alkanes of at least 4 members (excludes halogenated alkanes) is 1. The summed E-state index contributed by atoms with van der Waals surface area (Å²) < 4.78 is 30.5. The fourth-order valence-electron chi connectivity index (χ4n) is 2.01. The van der Waals surface area contributed by atoms with Crippen molar-refractivity contribution < 1.29 is 22.7 Å². The predicted molar refractivity (Wildman–Crippen MR) is 81.7 cm³/mol. The molecule has 0 saturated carbocycles. The molecule has 1 heterocycles. The summed E-state index contributed by atoms with van der Waals surface area (Å²) in [4.78, 5) is 22.3. The second-order valence-electron chi connectivity index (χ2n) is 5.12. The molecule has 0 aromatic carbocycles. The van der Waals surface area contributed by atoms with Crippen LogP contribution in [0, 0.1) is 0 Å². The maximum atomic E-state index is 12.0. The lowest BCUT2D eigenvalue weighted by molar-refractivity contribution is -0.121. The van der Waals surface area contributed by atoms with E-state index >= 15 is 0 Å². The molecule has 22 heavy (non-hydrogen) atoms. The van der Waals surface area contributed by atoms with Crippen molar-refractivity contribution in [1.82, 2.24) is 14.9 Å². The van der Waals surface area contributed by atoms with Crippen molar-refractivity contribution in [3.05, 3.63) is 0 Å². The Morgan fingerprint density at radius 3 is 2.27 bits per heavy atom. The number of amides is 2. The molecular weight excluding hydrogens is 310 g/mol. The van der Waals surface area contributed by atoms with Crippen LogP contribution < -0.4 is 10.6 Å². The van der Waals surface area contributed by atoms with Crippen molar-refractivity contribution in [3.63, 3.8) is 0 Å². The summed E-state index contributed by atoms with van der Waals surface area (Å²) in [6.07, 6.45) is 1.47. The Labute approximate surface area is 131 Å². The molecule has 0 unspecified atom stereocenters. The highest BCUT2D eigenvalue weighted by Crippen LogP contribution is 2.06. The van der Waals surface area contributed by atoms with Crippen LogP contribution in [0.1, 0.15) is 26.2 Å². The van der Waals surface area contributed by atoms with Gasteiger partial charge < -0.3 is 15.4 Å². The summed E-state index contributed by atoms with van der Waals surface area (Å²) in [7, 11) is -3.38. The first-order valence-electron chi connectivity index (χ1n) is 7.48. The van der Waals surface area contributed by atoms with Gasteiger partial charge in [-0.05, 0) is 12.8 Å². The molecule has 0 spiro atoms. The van der Waals surface area contributed by atoms with E-state index in [0.717, 1.165) is 12.8 Å². The summed E-state index contributed by atoms with van der Waals surface area (Å²) in [5, 5.41) is 5.36. The lowest BCUT2D eigenvalue weighted by Gasteiger charge is -2.25. The summed E-state index contributed by atoms with van der Waals surface area (Å²) in [5.41, 5.74) is 0. The van der Waals surface area contributed by atoms with Crippen LogP contribution in [0.3, 0.4) is 0 Å². The molecule has 1 fully saturated rings. The Bertz CT molecular complexity index is 460. The molecule has 1 saturated heterocycles. The van der Waals surface area contributed by atoms with Crippen molar-refractivity contribution in [2.45, 2.75) is 26.2 Å². The molecule has 2 amide bonds. The number of morpholine rings is 1. The van der Waals surface area contributed by atoms with Crippen molar-refractivity contribution in [3.8, 4) is 0 Å². The van der Waals surface area contributed by atoms with E-state index in [9.17, 15) is 18.0 Å². The molecule has 0 aromatic heterocycles. The molecule has 0 radical (unpaired) electrons. The van der Waals surface area contributed by atoms with E-state index in [-0.39, 0.29) is 24.0 Å². The smallest absolute Gasteiger partial charge is 0.221 e. The van der Waals surface area contributed by atoms with Gasteiger partial charge in [-0.2, -0.15) is 4.31 Å². The van der Waals surface area contributed by atoms with E-state index < -0.39 is 10.0 Å². The first-order valence-corrected chi connectivity index (χ1v) is 9.09. The lowest BCUT2D eigenvalue weighted by Crippen LogP contribution is -2.42. The third kappa shape index (κ3) is 7.71. The number of sulfonamides is 1. The van der Waals surface area contributed by atoms with Gasteiger partial charge in [0.05, 0.1) is 19.0 Å². The van der Waals surface area contributed by atoms with Crippen molar-refractivity contribution in [1.29, 1.82) is 0 Å². The fourth-order valence-corrected chi connectivity index (χ4v) is 3.41. The molecule has 8 nitrogen and oxygen atoms in total. The van der Waals surface area contributed by atoms with Crippen molar-refractivity contribution in [2.24, 2.45) is 0 Å². The molecule has 2 N–H and O–H groups in total. The van der Waals surface area contributed by atoms with Gasteiger partial charge >= 0.3 is 0 Å². The molecule has 0 atom stereocenters. The normalized spacial score (nSPS) is 16.2. The zero-order valence-corrected chi connectivity index (χ0v) is 13.8. The van der Waals surface area contributed by atoms with E-state index in [1.807, 2.05) is 0 Å². The highest BCUT2D eigenvalue weighted by molar-refractivity contribution is 7.89. The molecule has 0 aliphatic carbocycles. The van der Waals surface area contributed by atoms with Gasteiger partial charge in [-0.15, -0.1) is 0 Å². The fraction of sp³-hybridized carbons (Fsp3) is 0.846. The zero-order valence-electron chi connectivity index (χ0n) is 13.0. The molecule has 1 aliphatic rings. The van der Waals surface area contributed by atoms with Gasteiger partial charge in [0, 0.05) is 39.5 Å². The van der Waals surface area contributed by atoms with E-state index in [4.69, 9.17) is 4.74 Å². The summed E-state index contributed by atoms with van der Waals surface area (Å²) in [6, 6.07) is 0. The van der Waals surface area contributed by atoms with E-state index in [1.165, 1.54) is 11.2 Å². The van der Waals surface area contributed by atoms with Crippen LogP contribution in [0.5, 0.6) is 0 Å². The van der Waals surface area contributed by atoms with Crippen molar-refractivity contribution in [2.75, 3.05) is 45.1 Å². The quantitative estimate of drug-likeness (QED) is 0.530. The molecular formula is C13H25N3O5S. The minimum atomic E-state index is -3.38. The third-order valence-corrected chi connectivity index (χ3v) is 5.12. The minimum Gasteiger partial charge on any atom is -0.379 e. The van der Waals surface area contributed by atoms with Crippen LogP contribution in [-0.4, -0.2) is 69.7 Å². The number of rotatable bonds is 9. The molecule has 1 aliphatic heterocycles. The molecule has 0 bridgehead atoms. The molecule has 9 heteroatoms. The van der Waals surface area contributed by atoms with Gasteiger partial charge in [0.15, 0.2) is 0 Å². The summed E-state index contributed by atoms with van der Waals surface area (Å²) in [5.74, 6) is -0.515. The Morgan fingerprint density at radius 2 is 1.68 bits per heavy atom. The summed E-state index contributed by atoms with van der Waals surface area (Å²) in [6.45, 7) is 4.03. The standard InChI is InChI=1S/C13H25N3O5S/c1-12(17)14-5-2-3-6-15-13(18)4-11-22(19,20)16-7-9-21-10-8-16/h2-11H2,1H3,(H,14,17)(H,15,18). The third-order valence-electron chi connectivity index (χ3n) is 3.25. The minimum absolute atomic E-state index is 0.0363. The topological polar surface area (TPSA) is 105 Å². The van der Waals surface area contributed by atoms with Crippen LogP contribution in [0.2, 0.25) is 0 Å². The van der Waals surface area contributed by atoms with Gasteiger partial charge in [-0.3, -0.25) is 9.59 Å². The van der Waals surface area contributed by atoms with E-state index in [1.54, 1.807) is 0 Å². The van der Waals surface area contributed by atoms with Crippen LogP contribution in [0.25, 0.3) is 0 Å². The average molecular weight is 335 g/mol. The highest BCUT2D eigenvalue weighted by Gasteiger charge is 2.24. The SMILES string of the molecule is CC(=O)NCCCCNC(=O)CCS(=O)(=O)N1CCOCC1. The van der Waals surface area contributed by atoms with Crippen LogP contribution in [-0.2, 0) is 24.3 Å². The van der Waals surface area contributed by atoms with E-state index in [2.05, 4.69) is 10.6 Å². The monoisotopic (exact) mass is 335 g/mol. The Hall–Kier alpha value is -1.19. The van der Waals surface area contributed by atoms with Gasteiger partial charge in [-0.1, -0.05) is 0 Å². The first kappa shape index (κ1) is 18.9. The molecule has 0 aromatic rings. The Balaban J connectivity index is 2.13. The maximum absolute atomic E-state index is 12.0. The van der Waals surface area contributed by atoms with Crippen LogP contribution >= 0.6 is 0 Å². The Morgan fingerprint density at radius 1 is 1.09 bits per heavy atom. The van der Waals surface area contributed by atoms with Crippen LogP contribution in [0.4, 0.5) is 0 Å². The van der Waals surface area contributed by atoms with Gasteiger partial charge in [0.25, 0.3) is 0 Å². The largest absolute Gasteiger partial charge is 0.379 e. The molecule has 1 rings (SSSR count). The number of hydrogen-bond donors (Lipinski definition) is 2. The first-order chi connectivity index (χ1) is 10.4. The number of nitrogens with one attached hydrogen (secondary N) is 2. The lowest BCUT2D eigenvalue weighted by atomic mass is 10.3. The van der Waals surface area contributed by atoms with Crippen LogP contribution in [0.15, 0.2) is 0 Å². The number of carbonyl (C=O) groups is 2. The maximum Gasteiger partial charge on any atom is 0.221 e. The number of hydrogen-bond acceptors (Lipinski definition) is 5. The second-order valence-corrected chi connectivity index (χ2v) is 7.21. The average Bonchev–Trinajstić information content (AvgIpc) is 2.49.